The van der Waals surface area contributed by atoms with E-state index < -0.39 is 5.97 Å². The number of esters is 2. The lowest BCUT2D eigenvalue weighted by molar-refractivity contribution is -0.149. The molecule has 0 bridgehead atoms. The molecular formula is C12H20O5. The molecule has 0 aliphatic carbocycles. The van der Waals surface area contributed by atoms with Gasteiger partial charge in [-0.15, -0.1) is 0 Å². The van der Waals surface area contributed by atoms with Crippen LogP contribution in [-0.2, 0) is 23.8 Å². The molecule has 0 saturated carbocycles. The molecule has 1 unspecified atom stereocenters. The number of carbonyl (C=O) groups excluding carboxylic acids is 2. The molecule has 0 aromatic rings. The third-order valence-corrected chi connectivity index (χ3v) is 2.13. The molecule has 0 N–H and O–H groups in total. The average molecular weight is 244 g/mol. The Bertz CT molecular complexity index is 249. The second kappa shape index (κ2) is 9.84. The highest BCUT2D eigenvalue weighted by molar-refractivity contribution is 5.81. The van der Waals surface area contributed by atoms with Crippen molar-refractivity contribution in [2.45, 2.75) is 20.3 Å². The maximum atomic E-state index is 11.2. The molecule has 0 aliphatic heterocycles. The molecule has 0 radical (unpaired) electrons. The van der Waals surface area contributed by atoms with Crippen LogP contribution in [-0.4, -0.2) is 38.4 Å². The largest absolute Gasteiger partial charge is 0.463 e. The predicted molar refractivity (Wildman–Crippen MR) is 62.4 cm³/mol. The van der Waals surface area contributed by atoms with Gasteiger partial charge in [0.25, 0.3) is 0 Å². The highest BCUT2D eigenvalue weighted by Crippen LogP contribution is 2.02. The van der Waals surface area contributed by atoms with Crippen LogP contribution in [0.3, 0.4) is 0 Å². The van der Waals surface area contributed by atoms with Gasteiger partial charge in [0.2, 0.25) is 0 Å². The summed E-state index contributed by atoms with van der Waals surface area (Å²) in [5.41, 5.74) is 0. The standard InChI is InChI=1S/C12H20O5/c1-4-10(3)12(14)17-9-7-15-6-8-16-11(13)5-2/h5,10H,2,4,6-9H2,1,3H3. The van der Waals surface area contributed by atoms with E-state index in [1.165, 1.54) is 0 Å². The van der Waals surface area contributed by atoms with Gasteiger partial charge in [0.1, 0.15) is 13.2 Å². The zero-order valence-corrected chi connectivity index (χ0v) is 10.4. The number of carbonyl (C=O) groups is 2. The Morgan fingerprint density at radius 3 is 2.29 bits per heavy atom. The van der Waals surface area contributed by atoms with Crippen LogP contribution in [0.1, 0.15) is 20.3 Å². The Labute approximate surface area is 102 Å². The fraction of sp³-hybridized carbons (Fsp3) is 0.667. The third-order valence-electron chi connectivity index (χ3n) is 2.13. The summed E-state index contributed by atoms with van der Waals surface area (Å²) in [6, 6.07) is 0. The Kier molecular flexibility index (Phi) is 9.05. The van der Waals surface area contributed by atoms with Crippen molar-refractivity contribution < 1.29 is 23.8 Å². The molecular weight excluding hydrogens is 224 g/mol. The van der Waals surface area contributed by atoms with Gasteiger partial charge in [-0.05, 0) is 6.42 Å². The Hall–Kier alpha value is -1.36. The summed E-state index contributed by atoms with van der Waals surface area (Å²) >= 11 is 0. The van der Waals surface area contributed by atoms with Crippen molar-refractivity contribution in [2.75, 3.05) is 26.4 Å². The quantitative estimate of drug-likeness (QED) is 0.348. The van der Waals surface area contributed by atoms with Gasteiger partial charge in [-0.2, -0.15) is 0 Å². The molecule has 0 heterocycles. The van der Waals surface area contributed by atoms with Gasteiger partial charge >= 0.3 is 11.9 Å². The van der Waals surface area contributed by atoms with Gasteiger partial charge < -0.3 is 14.2 Å². The summed E-state index contributed by atoms with van der Waals surface area (Å²) in [6.07, 6.45) is 1.85. The van der Waals surface area contributed by atoms with E-state index in [0.29, 0.717) is 6.61 Å². The molecule has 0 aromatic carbocycles. The van der Waals surface area contributed by atoms with E-state index in [4.69, 9.17) is 9.47 Å². The minimum absolute atomic E-state index is 0.0800. The maximum Gasteiger partial charge on any atom is 0.330 e. The first-order valence-corrected chi connectivity index (χ1v) is 5.65. The van der Waals surface area contributed by atoms with Gasteiger partial charge in [-0.25, -0.2) is 4.79 Å². The Morgan fingerprint density at radius 2 is 1.76 bits per heavy atom. The fourth-order valence-corrected chi connectivity index (χ4v) is 0.872. The van der Waals surface area contributed by atoms with E-state index in [1.54, 1.807) is 0 Å². The SMILES string of the molecule is C=CC(=O)OCCOCCOC(=O)C(C)CC. The second-order valence-corrected chi connectivity index (χ2v) is 3.46. The predicted octanol–water partition coefficient (Wildman–Crippen LogP) is 1.32. The normalized spacial score (nSPS) is 11.6. The molecule has 0 aromatic heterocycles. The van der Waals surface area contributed by atoms with Crippen LogP contribution in [0, 0.1) is 5.92 Å². The molecule has 0 aliphatic rings. The maximum absolute atomic E-state index is 11.2. The first-order valence-electron chi connectivity index (χ1n) is 5.65. The van der Waals surface area contributed by atoms with Crippen LogP contribution in [0.5, 0.6) is 0 Å². The number of hydrogen-bond donors (Lipinski definition) is 0. The van der Waals surface area contributed by atoms with Crippen LogP contribution in [0.4, 0.5) is 0 Å². The van der Waals surface area contributed by atoms with Crippen LogP contribution in [0.25, 0.3) is 0 Å². The fourth-order valence-electron chi connectivity index (χ4n) is 0.872. The van der Waals surface area contributed by atoms with Crippen molar-refractivity contribution in [3.8, 4) is 0 Å². The summed E-state index contributed by atoms with van der Waals surface area (Å²) in [5.74, 6) is -0.769. The zero-order chi connectivity index (χ0) is 13.1. The minimum Gasteiger partial charge on any atom is -0.463 e. The number of ether oxygens (including phenoxy) is 3. The molecule has 0 rings (SSSR count). The molecule has 5 nitrogen and oxygen atoms in total. The van der Waals surface area contributed by atoms with Crippen molar-refractivity contribution in [3.63, 3.8) is 0 Å². The first kappa shape index (κ1) is 15.6. The molecule has 0 spiro atoms. The molecule has 98 valence electrons. The Balaban J connectivity index is 3.32. The van der Waals surface area contributed by atoms with E-state index in [2.05, 4.69) is 11.3 Å². The van der Waals surface area contributed by atoms with Gasteiger partial charge in [0.15, 0.2) is 0 Å². The number of hydrogen-bond acceptors (Lipinski definition) is 5. The van der Waals surface area contributed by atoms with Crippen LogP contribution < -0.4 is 0 Å². The van der Waals surface area contributed by atoms with Crippen molar-refractivity contribution in [1.29, 1.82) is 0 Å². The van der Waals surface area contributed by atoms with E-state index in [1.807, 2.05) is 13.8 Å². The van der Waals surface area contributed by atoms with Crippen LogP contribution in [0.2, 0.25) is 0 Å². The molecule has 0 fully saturated rings. The molecule has 5 heteroatoms. The topological polar surface area (TPSA) is 61.8 Å². The Morgan fingerprint density at radius 1 is 1.18 bits per heavy atom. The summed E-state index contributed by atoms with van der Waals surface area (Å²) in [4.78, 5) is 21.9. The van der Waals surface area contributed by atoms with Crippen molar-refractivity contribution in [1.82, 2.24) is 0 Å². The van der Waals surface area contributed by atoms with Crippen molar-refractivity contribution in [2.24, 2.45) is 5.92 Å². The lowest BCUT2D eigenvalue weighted by Gasteiger charge is -2.09. The smallest absolute Gasteiger partial charge is 0.330 e. The van der Waals surface area contributed by atoms with E-state index in [9.17, 15) is 9.59 Å². The van der Waals surface area contributed by atoms with E-state index in [-0.39, 0.29) is 31.7 Å². The highest BCUT2D eigenvalue weighted by Gasteiger charge is 2.10. The number of rotatable bonds is 9. The van der Waals surface area contributed by atoms with Gasteiger partial charge in [0, 0.05) is 6.08 Å². The lowest BCUT2D eigenvalue weighted by Crippen LogP contribution is -2.18. The van der Waals surface area contributed by atoms with Crippen LogP contribution in [0.15, 0.2) is 12.7 Å². The summed E-state index contributed by atoms with van der Waals surface area (Å²) in [7, 11) is 0. The summed E-state index contributed by atoms with van der Waals surface area (Å²) in [6.45, 7) is 7.97. The summed E-state index contributed by atoms with van der Waals surface area (Å²) < 4.78 is 14.7. The molecule has 1 atom stereocenters. The lowest BCUT2D eigenvalue weighted by atomic mass is 10.1. The van der Waals surface area contributed by atoms with Crippen LogP contribution >= 0.6 is 0 Å². The second-order valence-electron chi connectivity index (χ2n) is 3.46. The van der Waals surface area contributed by atoms with Gasteiger partial charge in [-0.3, -0.25) is 4.79 Å². The zero-order valence-electron chi connectivity index (χ0n) is 10.4. The molecule has 0 amide bonds. The molecule has 0 saturated heterocycles. The average Bonchev–Trinajstić information content (AvgIpc) is 2.35. The summed E-state index contributed by atoms with van der Waals surface area (Å²) in [5, 5.41) is 0. The van der Waals surface area contributed by atoms with Gasteiger partial charge in [-0.1, -0.05) is 20.4 Å². The van der Waals surface area contributed by atoms with E-state index >= 15 is 0 Å². The monoisotopic (exact) mass is 244 g/mol. The third kappa shape index (κ3) is 8.45. The minimum atomic E-state index is -0.475. The van der Waals surface area contributed by atoms with Crippen molar-refractivity contribution in [3.05, 3.63) is 12.7 Å². The first-order chi connectivity index (χ1) is 8.11. The highest BCUT2D eigenvalue weighted by atomic mass is 16.6. The molecule has 17 heavy (non-hydrogen) atoms. The van der Waals surface area contributed by atoms with Crippen molar-refractivity contribution >= 4 is 11.9 Å². The van der Waals surface area contributed by atoms with Gasteiger partial charge in [0.05, 0.1) is 19.1 Å². The van der Waals surface area contributed by atoms with E-state index in [0.717, 1.165) is 12.5 Å².